The fraction of sp³-hybridized carbons (Fsp3) is 0.625. The van der Waals surface area contributed by atoms with E-state index in [1.807, 2.05) is 0 Å². The highest BCUT2D eigenvalue weighted by molar-refractivity contribution is 5.11. The monoisotopic (exact) mass is 109 g/mol. The molecule has 8 heavy (non-hydrogen) atoms. The predicted molar refractivity (Wildman–Crippen MR) is 36.5 cm³/mol. The molecule has 0 aromatic heterocycles. The number of allylic oxidation sites excluding steroid dienone is 2. The van der Waals surface area contributed by atoms with E-state index in [9.17, 15) is 0 Å². The van der Waals surface area contributed by atoms with Gasteiger partial charge < -0.3 is 0 Å². The van der Waals surface area contributed by atoms with Crippen LogP contribution in [-0.4, -0.2) is 0 Å². The predicted octanol–water partition coefficient (Wildman–Crippen LogP) is 2.71. The highest BCUT2D eigenvalue weighted by atomic mass is 14.2. The molecule has 1 rings (SSSR count). The van der Waals surface area contributed by atoms with Crippen molar-refractivity contribution >= 4 is 0 Å². The van der Waals surface area contributed by atoms with Gasteiger partial charge >= 0.3 is 0 Å². The second-order valence-electron chi connectivity index (χ2n) is 2.37. The van der Waals surface area contributed by atoms with Crippen molar-refractivity contribution in [1.29, 1.82) is 0 Å². The second-order valence-corrected chi connectivity index (χ2v) is 2.37. The van der Waals surface area contributed by atoms with Gasteiger partial charge in [0.1, 0.15) is 0 Å². The molecular weight excluding hydrogens is 96.1 g/mol. The first kappa shape index (κ1) is 5.87. The SMILES string of the molecule is CC=C[C]1CCCC1. The Balaban J connectivity index is 2.24. The smallest absolute Gasteiger partial charge is 0.00274 e. The topological polar surface area (TPSA) is 0 Å². The molecule has 45 valence electrons. The minimum atomic E-state index is 1.35. The van der Waals surface area contributed by atoms with Gasteiger partial charge in [-0.1, -0.05) is 25.0 Å². The summed E-state index contributed by atoms with van der Waals surface area (Å²) in [5.74, 6) is 1.65. The van der Waals surface area contributed by atoms with Crippen LogP contribution in [0.15, 0.2) is 12.2 Å². The Kier molecular flexibility index (Phi) is 2.13. The van der Waals surface area contributed by atoms with Crippen molar-refractivity contribution in [2.75, 3.05) is 0 Å². The van der Waals surface area contributed by atoms with E-state index in [4.69, 9.17) is 0 Å². The van der Waals surface area contributed by atoms with Gasteiger partial charge in [0.15, 0.2) is 0 Å². The summed E-state index contributed by atoms with van der Waals surface area (Å²) in [7, 11) is 0. The van der Waals surface area contributed by atoms with E-state index in [-0.39, 0.29) is 0 Å². The first-order valence-corrected chi connectivity index (χ1v) is 3.41. The molecule has 0 bridgehead atoms. The van der Waals surface area contributed by atoms with Crippen LogP contribution in [0.2, 0.25) is 0 Å². The zero-order chi connectivity index (χ0) is 5.82. The van der Waals surface area contributed by atoms with Crippen molar-refractivity contribution in [2.24, 2.45) is 0 Å². The molecule has 1 aliphatic rings. The van der Waals surface area contributed by atoms with Gasteiger partial charge in [0.2, 0.25) is 0 Å². The van der Waals surface area contributed by atoms with E-state index < -0.39 is 0 Å². The molecule has 0 amide bonds. The molecule has 1 saturated carbocycles. The summed E-state index contributed by atoms with van der Waals surface area (Å²) in [6.45, 7) is 2.09. The van der Waals surface area contributed by atoms with Crippen molar-refractivity contribution in [3.05, 3.63) is 18.1 Å². The van der Waals surface area contributed by atoms with Crippen LogP contribution in [0.1, 0.15) is 32.6 Å². The van der Waals surface area contributed by atoms with Gasteiger partial charge in [0, 0.05) is 0 Å². The van der Waals surface area contributed by atoms with E-state index >= 15 is 0 Å². The van der Waals surface area contributed by atoms with Gasteiger partial charge in [-0.15, -0.1) is 0 Å². The maximum atomic E-state index is 2.26. The first-order chi connectivity index (χ1) is 3.93. The lowest BCUT2D eigenvalue weighted by atomic mass is 10.1. The van der Waals surface area contributed by atoms with Crippen LogP contribution in [0.3, 0.4) is 0 Å². The van der Waals surface area contributed by atoms with E-state index in [2.05, 4.69) is 19.1 Å². The average molecular weight is 109 g/mol. The Bertz CT molecular complexity index is 76.0. The number of rotatable bonds is 1. The van der Waals surface area contributed by atoms with E-state index in [1.54, 1.807) is 5.92 Å². The summed E-state index contributed by atoms with van der Waals surface area (Å²) in [6.07, 6.45) is 9.93. The molecule has 1 radical (unpaired) electrons. The standard InChI is InChI=1S/C8H13/c1-2-5-8-6-3-4-7-8/h2,5H,3-4,6-7H2,1H3. The number of hydrogen-bond donors (Lipinski definition) is 0. The maximum absolute atomic E-state index is 2.26. The summed E-state index contributed by atoms with van der Waals surface area (Å²) in [5.41, 5.74) is 0. The lowest BCUT2D eigenvalue weighted by molar-refractivity contribution is 0.886. The van der Waals surface area contributed by atoms with Crippen molar-refractivity contribution in [3.8, 4) is 0 Å². The molecule has 1 fully saturated rings. The van der Waals surface area contributed by atoms with Gasteiger partial charge in [0.05, 0.1) is 0 Å². The van der Waals surface area contributed by atoms with Crippen molar-refractivity contribution in [2.45, 2.75) is 32.6 Å². The minimum absolute atomic E-state index is 1.35. The molecule has 1 aliphatic carbocycles. The van der Waals surface area contributed by atoms with Crippen LogP contribution >= 0.6 is 0 Å². The molecule has 0 N–H and O–H groups in total. The Morgan fingerprint density at radius 1 is 1.25 bits per heavy atom. The Morgan fingerprint density at radius 3 is 2.38 bits per heavy atom. The van der Waals surface area contributed by atoms with Crippen molar-refractivity contribution in [1.82, 2.24) is 0 Å². The minimum Gasteiger partial charge on any atom is -0.0911 e. The van der Waals surface area contributed by atoms with Crippen LogP contribution in [-0.2, 0) is 0 Å². The normalized spacial score (nSPS) is 23.1. The largest absolute Gasteiger partial charge is 0.0911 e. The van der Waals surface area contributed by atoms with Crippen LogP contribution in [0.4, 0.5) is 0 Å². The summed E-state index contributed by atoms with van der Waals surface area (Å²) in [5, 5.41) is 0. The van der Waals surface area contributed by atoms with E-state index in [1.165, 1.54) is 25.7 Å². The summed E-state index contributed by atoms with van der Waals surface area (Å²) < 4.78 is 0. The van der Waals surface area contributed by atoms with Crippen LogP contribution in [0, 0.1) is 5.92 Å². The Morgan fingerprint density at radius 2 is 1.88 bits per heavy atom. The number of hydrogen-bond acceptors (Lipinski definition) is 0. The quantitative estimate of drug-likeness (QED) is 0.485. The van der Waals surface area contributed by atoms with Gasteiger partial charge in [-0.05, 0) is 25.7 Å². The molecule has 0 saturated heterocycles. The fourth-order valence-corrected chi connectivity index (χ4v) is 1.23. The molecule has 0 unspecified atom stereocenters. The molecule has 0 heteroatoms. The molecule has 0 spiro atoms. The third-order valence-electron chi connectivity index (χ3n) is 1.65. The molecular formula is C8H13. The second kappa shape index (κ2) is 2.91. The maximum Gasteiger partial charge on any atom is -0.00274 e. The van der Waals surface area contributed by atoms with Crippen LogP contribution in [0.5, 0.6) is 0 Å². The fourth-order valence-electron chi connectivity index (χ4n) is 1.23. The van der Waals surface area contributed by atoms with E-state index in [0.717, 1.165) is 0 Å². The Hall–Kier alpha value is -0.260. The van der Waals surface area contributed by atoms with Crippen LogP contribution < -0.4 is 0 Å². The summed E-state index contributed by atoms with van der Waals surface area (Å²) >= 11 is 0. The lowest BCUT2D eigenvalue weighted by Gasteiger charge is -1.95. The Labute approximate surface area is 51.6 Å². The van der Waals surface area contributed by atoms with Gasteiger partial charge in [0.25, 0.3) is 0 Å². The summed E-state index contributed by atoms with van der Waals surface area (Å²) in [4.78, 5) is 0. The lowest BCUT2D eigenvalue weighted by Crippen LogP contribution is -1.79. The van der Waals surface area contributed by atoms with Crippen LogP contribution in [0.25, 0.3) is 0 Å². The highest BCUT2D eigenvalue weighted by Crippen LogP contribution is 2.27. The third kappa shape index (κ3) is 1.36. The van der Waals surface area contributed by atoms with Gasteiger partial charge in [-0.25, -0.2) is 0 Å². The molecule has 0 heterocycles. The molecule has 0 aromatic carbocycles. The summed E-state index contributed by atoms with van der Waals surface area (Å²) in [6, 6.07) is 0. The first-order valence-electron chi connectivity index (χ1n) is 3.41. The third-order valence-corrected chi connectivity index (χ3v) is 1.65. The zero-order valence-electron chi connectivity index (χ0n) is 5.48. The van der Waals surface area contributed by atoms with Crippen molar-refractivity contribution in [3.63, 3.8) is 0 Å². The zero-order valence-corrected chi connectivity index (χ0v) is 5.48. The molecule has 0 nitrogen and oxygen atoms in total. The average Bonchev–Trinajstić information content (AvgIpc) is 2.19. The van der Waals surface area contributed by atoms with Gasteiger partial charge in [-0.3, -0.25) is 0 Å². The molecule has 0 aromatic rings. The molecule has 0 atom stereocenters. The molecule has 0 aliphatic heterocycles. The van der Waals surface area contributed by atoms with Gasteiger partial charge in [-0.2, -0.15) is 0 Å². The van der Waals surface area contributed by atoms with E-state index in [0.29, 0.717) is 0 Å². The van der Waals surface area contributed by atoms with Crippen molar-refractivity contribution < 1.29 is 0 Å². The highest BCUT2D eigenvalue weighted by Gasteiger charge is 2.10.